The van der Waals surface area contributed by atoms with Gasteiger partial charge in [0.05, 0.1) is 5.52 Å². The fraction of sp³-hybridized carbons (Fsp3) is 0.0667. The fourth-order valence-electron chi connectivity index (χ4n) is 1.80. The first-order valence-corrected chi connectivity index (χ1v) is 7.28. The minimum Gasteiger partial charge on any atom is -0.222 e. The highest BCUT2D eigenvalue weighted by atomic mass is 35.5. The minimum atomic E-state index is 0.515. The number of halogens is 1. The molecule has 0 saturated carbocycles. The van der Waals surface area contributed by atoms with E-state index in [1.54, 1.807) is 11.8 Å². The predicted octanol–water partition coefficient (Wildman–Crippen LogP) is 4.58. The lowest BCUT2D eigenvalue weighted by atomic mass is 10.2. The molecule has 94 valence electrons. The van der Waals surface area contributed by atoms with Crippen molar-refractivity contribution < 1.29 is 0 Å². The number of hydrogen-bond donors (Lipinski definition) is 0. The van der Waals surface area contributed by atoms with Crippen LogP contribution in [0.5, 0.6) is 0 Å². The van der Waals surface area contributed by atoms with Gasteiger partial charge in [-0.3, -0.25) is 0 Å². The van der Waals surface area contributed by atoms with Crippen molar-refractivity contribution in [1.29, 1.82) is 0 Å². The number of nitrogens with zero attached hydrogens (tertiary/aromatic N) is 2. The van der Waals surface area contributed by atoms with Crippen molar-refractivity contribution >= 4 is 34.3 Å². The highest BCUT2D eigenvalue weighted by molar-refractivity contribution is 7.98. The molecule has 0 aliphatic rings. The first kappa shape index (κ1) is 12.5. The van der Waals surface area contributed by atoms with Crippen LogP contribution >= 0.6 is 23.4 Å². The van der Waals surface area contributed by atoms with Crippen LogP contribution in [0, 0.1) is 0 Å². The Balaban J connectivity index is 1.85. The molecule has 0 bridgehead atoms. The van der Waals surface area contributed by atoms with Gasteiger partial charge in [-0.15, -0.1) is 0 Å². The standard InChI is InChI=1S/C15H11ClN2S/c16-14-12-8-4-5-9-13(12)17-15(18-14)19-10-11-6-2-1-3-7-11/h1-9H,10H2. The van der Waals surface area contributed by atoms with E-state index in [-0.39, 0.29) is 0 Å². The first-order valence-electron chi connectivity index (χ1n) is 5.92. The van der Waals surface area contributed by atoms with Gasteiger partial charge >= 0.3 is 0 Å². The number of para-hydroxylation sites is 1. The summed E-state index contributed by atoms with van der Waals surface area (Å²) in [5.41, 5.74) is 2.14. The Labute approximate surface area is 120 Å². The molecular weight excluding hydrogens is 276 g/mol. The highest BCUT2D eigenvalue weighted by Crippen LogP contribution is 2.25. The second-order valence-electron chi connectivity index (χ2n) is 4.09. The zero-order valence-corrected chi connectivity index (χ0v) is 11.7. The molecule has 0 saturated heterocycles. The topological polar surface area (TPSA) is 25.8 Å². The molecule has 0 aliphatic heterocycles. The third-order valence-corrected chi connectivity index (χ3v) is 3.95. The van der Waals surface area contributed by atoms with Gasteiger partial charge in [-0.2, -0.15) is 0 Å². The van der Waals surface area contributed by atoms with Crippen LogP contribution < -0.4 is 0 Å². The van der Waals surface area contributed by atoms with Gasteiger partial charge in [-0.25, -0.2) is 9.97 Å². The number of rotatable bonds is 3. The molecule has 0 amide bonds. The Morgan fingerprint density at radius 3 is 2.47 bits per heavy atom. The third-order valence-electron chi connectivity index (χ3n) is 2.75. The molecule has 0 aliphatic carbocycles. The third kappa shape index (κ3) is 2.88. The van der Waals surface area contributed by atoms with Crippen LogP contribution in [0.1, 0.15) is 5.56 Å². The summed E-state index contributed by atoms with van der Waals surface area (Å²) < 4.78 is 0. The molecule has 0 fully saturated rings. The summed E-state index contributed by atoms with van der Waals surface area (Å²) in [6, 6.07) is 18.0. The lowest BCUT2D eigenvalue weighted by molar-refractivity contribution is 1.00. The lowest BCUT2D eigenvalue weighted by Crippen LogP contribution is -1.90. The van der Waals surface area contributed by atoms with Crippen molar-refractivity contribution in [3.05, 3.63) is 65.3 Å². The summed E-state index contributed by atoms with van der Waals surface area (Å²) in [5.74, 6) is 0.843. The monoisotopic (exact) mass is 286 g/mol. The summed E-state index contributed by atoms with van der Waals surface area (Å²) in [4.78, 5) is 8.85. The van der Waals surface area contributed by atoms with E-state index in [1.165, 1.54) is 5.56 Å². The Kier molecular flexibility index (Phi) is 3.67. The van der Waals surface area contributed by atoms with Crippen LogP contribution in [-0.2, 0) is 5.75 Å². The number of hydrogen-bond acceptors (Lipinski definition) is 3. The molecule has 3 aromatic rings. The molecule has 0 radical (unpaired) electrons. The van der Waals surface area contributed by atoms with E-state index in [0.717, 1.165) is 16.7 Å². The van der Waals surface area contributed by atoms with E-state index in [1.807, 2.05) is 42.5 Å². The lowest BCUT2D eigenvalue weighted by Gasteiger charge is -2.04. The van der Waals surface area contributed by atoms with E-state index in [0.29, 0.717) is 10.3 Å². The smallest absolute Gasteiger partial charge is 0.189 e. The second kappa shape index (κ2) is 5.59. The van der Waals surface area contributed by atoms with Gasteiger partial charge in [0.2, 0.25) is 0 Å². The van der Waals surface area contributed by atoms with Crippen molar-refractivity contribution in [1.82, 2.24) is 9.97 Å². The average Bonchev–Trinajstić information content (AvgIpc) is 2.46. The summed E-state index contributed by atoms with van der Waals surface area (Å²) >= 11 is 7.78. The van der Waals surface area contributed by atoms with Crippen LogP contribution in [0.2, 0.25) is 5.15 Å². The van der Waals surface area contributed by atoms with Gasteiger partial charge in [0.25, 0.3) is 0 Å². The molecule has 1 aromatic heterocycles. The van der Waals surface area contributed by atoms with E-state index in [9.17, 15) is 0 Å². The zero-order chi connectivity index (χ0) is 13.1. The van der Waals surface area contributed by atoms with Gasteiger partial charge in [-0.1, -0.05) is 65.8 Å². The molecule has 2 nitrogen and oxygen atoms in total. The molecule has 0 unspecified atom stereocenters. The summed E-state index contributed by atoms with van der Waals surface area (Å²) in [6.45, 7) is 0. The van der Waals surface area contributed by atoms with Gasteiger partial charge in [0.1, 0.15) is 5.15 Å². The Morgan fingerprint density at radius 1 is 0.895 bits per heavy atom. The van der Waals surface area contributed by atoms with Crippen molar-refractivity contribution in [3.63, 3.8) is 0 Å². The SMILES string of the molecule is Clc1nc(SCc2ccccc2)nc2ccccc12. The number of fused-ring (bicyclic) bond motifs is 1. The van der Waals surface area contributed by atoms with Crippen LogP contribution in [0.25, 0.3) is 10.9 Å². The molecule has 1 heterocycles. The molecule has 4 heteroatoms. The summed E-state index contributed by atoms with van der Waals surface area (Å²) in [7, 11) is 0. The van der Waals surface area contributed by atoms with Crippen molar-refractivity contribution in [2.24, 2.45) is 0 Å². The molecule has 0 atom stereocenters. The number of thioether (sulfide) groups is 1. The molecule has 0 N–H and O–H groups in total. The van der Waals surface area contributed by atoms with E-state index >= 15 is 0 Å². The highest BCUT2D eigenvalue weighted by Gasteiger charge is 2.06. The second-order valence-corrected chi connectivity index (χ2v) is 5.39. The zero-order valence-electron chi connectivity index (χ0n) is 10.1. The predicted molar refractivity (Wildman–Crippen MR) is 80.6 cm³/mol. The van der Waals surface area contributed by atoms with Crippen molar-refractivity contribution in [3.8, 4) is 0 Å². The summed E-state index contributed by atoms with van der Waals surface area (Å²) in [6.07, 6.45) is 0. The van der Waals surface area contributed by atoms with E-state index in [2.05, 4.69) is 22.1 Å². The maximum atomic E-state index is 6.18. The maximum absolute atomic E-state index is 6.18. The average molecular weight is 287 g/mol. The van der Waals surface area contributed by atoms with Crippen LogP contribution in [0.4, 0.5) is 0 Å². The number of benzene rings is 2. The normalized spacial score (nSPS) is 10.8. The van der Waals surface area contributed by atoms with Crippen LogP contribution in [0.3, 0.4) is 0 Å². The fourth-order valence-corrected chi connectivity index (χ4v) is 2.90. The first-order chi connectivity index (χ1) is 9.33. The molecule has 0 spiro atoms. The molecule has 19 heavy (non-hydrogen) atoms. The van der Waals surface area contributed by atoms with Crippen LogP contribution in [-0.4, -0.2) is 9.97 Å². The van der Waals surface area contributed by atoms with E-state index < -0.39 is 0 Å². The van der Waals surface area contributed by atoms with Gasteiger partial charge in [-0.05, 0) is 17.7 Å². The van der Waals surface area contributed by atoms with Crippen molar-refractivity contribution in [2.45, 2.75) is 10.9 Å². The van der Waals surface area contributed by atoms with Gasteiger partial charge in [0, 0.05) is 11.1 Å². The van der Waals surface area contributed by atoms with Gasteiger partial charge in [0.15, 0.2) is 5.16 Å². The largest absolute Gasteiger partial charge is 0.222 e. The Hall–Kier alpha value is -1.58. The molecular formula is C15H11ClN2S. The quantitative estimate of drug-likeness (QED) is 0.400. The number of aromatic nitrogens is 2. The van der Waals surface area contributed by atoms with Crippen molar-refractivity contribution in [2.75, 3.05) is 0 Å². The Bertz CT molecular complexity index is 701. The Morgan fingerprint density at radius 2 is 1.63 bits per heavy atom. The maximum Gasteiger partial charge on any atom is 0.189 e. The van der Waals surface area contributed by atoms with E-state index in [4.69, 9.17) is 11.6 Å². The van der Waals surface area contributed by atoms with Gasteiger partial charge < -0.3 is 0 Å². The molecule has 3 rings (SSSR count). The minimum absolute atomic E-state index is 0.515. The van der Waals surface area contributed by atoms with Crippen LogP contribution in [0.15, 0.2) is 59.8 Å². The summed E-state index contributed by atoms with van der Waals surface area (Å²) in [5, 5.41) is 2.13. The molecule has 2 aromatic carbocycles.